The zero-order valence-electron chi connectivity index (χ0n) is 25.2. The molecule has 0 aliphatic heterocycles. The lowest BCUT2D eigenvalue weighted by molar-refractivity contribution is -0.145. The lowest BCUT2D eigenvalue weighted by Crippen LogP contribution is -2.55. The largest absolute Gasteiger partial charge is 0.444 e. The molecule has 0 saturated heterocycles. The summed E-state index contributed by atoms with van der Waals surface area (Å²) < 4.78 is 5.41. The zero-order chi connectivity index (χ0) is 30.6. The van der Waals surface area contributed by atoms with E-state index >= 15 is 0 Å². The lowest BCUT2D eigenvalue weighted by atomic mass is 9.96. The highest BCUT2D eigenvalue weighted by Gasteiger charge is 2.38. The second-order valence-electron chi connectivity index (χ2n) is 11.8. The van der Waals surface area contributed by atoms with Gasteiger partial charge in [-0.1, -0.05) is 74.5 Å². The Morgan fingerprint density at radius 2 is 1.46 bits per heavy atom. The summed E-state index contributed by atoms with van der Waals surface area (Å²) in [5.74, 6) is -1.07. The van der Waals surface area contributed by atoms with Gasteiger partial charge in [0.15, 0.2) is 0 Å². The van der Waals surface area contributed by atoms with E-state index in [9.17, 15) is 19.2 Å². The van der Waals surface area contributed by atoms with E-state index in [0.717, 1.165) is 12.0 Å². The molecule has 2 aromatic carbocycles. The van der Waals surface area contributed by atoms with E-state index in [2.05, 4.69) is 24.5 Å². The van der Waals surface area contributed by atoms with Gasteiger partial charge in [0.2, 0.25) is 17.7 Å². The van der Waals surface area contributed by atoms with Crippen LogP contribution in [0.2, 0.25) is 0 Å². The Labute approximate surface area is 244 Å². The second-order valence-corrected chi connectivity index (χ2v) is 11.8. The zero-order valence-corrected chi connectivity index (χ0v) is 25.2. The number of nitrogens with zero attached hydrogens (tertiary/aromatic N) is 1. The number of benzene rings is 2. The molecular weight excluding hydrogens is 520 g/mol. The summed E-state index contributed by atoms with van der Waals surface area (Å²) in [5, 5.41) is 5.63. The number of amides is 4. The van der Waals surface area contributed by atoms with Gasteiger partial charge in [-0.2, -0.15) is 0 Å². The highest BCUT2D eigenvalue weighted by atomic mass is 16.6. The molecule has 2 aromatic rings. The monoisotopic (exact) mass is 566 g/mol. The van der Waals surface area contributed by atoms with Gasteiger partial charge >= 0.3 is 6.09 Å². The van der Waals surface area contributed by atoms with E-state index in [1.807, 2.05) is 67.6 Å². The maximum Gasteiger partial charge on any atom is 0.408 e. The SMILES string of the molecule is CC(C)CCC(C)N(C(=O)C(CCC(N)=O)NC(=O)OC(C)(C)C)C(C(=O)NCc1ccccc1)c1ccccc1. The molecule has 0 spiro atoms. The van der Waals surface area contributed by atoms with Crippen molar-refractivity contribution in [2.45, 2.75) is 97.5 Å². The van der Waals surface area contributed by atoms with Gasteiger partial charge in [0.25, 0.3) is 0 Å². The van der Waals surface area contributed by atoms with Gasteiger partial charge in [0, 0.05) is 19.0 Å². The Bertz CT molecular complexity index is 1130. The van der Waals surface area contributed by atoms with Gasteiger partial charge in [0.05, 0.1) is 0 Å². The number of ether oxygens (including phenoxy) is 1. The molecule has 2 rings (SSSR count). The van der Waals surface area contributed by atoms with E-state index in [-0.39, 0.29) is 31.3 Å². The highest BCUT2D eigenvalue weighted by Crippen LogP contribution is 2.28. The maximum atomic E-state index is 14.4. The average Bonchev–Trinajstić information content (AvgIpc) is 2.90. The Balaban J connectivity index is 2.52. The van der Waals surface area contributed by atoms with Crippen LogP contribution in [0.5, 0.6) is 0 Å². The molecule has 0 aliphatic carbocycles. The molecule has 41 heavy (non-hydrogen) atoms. The number of hydrogen-bond donors (Lipinski definition) is 3. The first-order valence-electron chi connectivity index (χ1n) is 14.2. The number of rotatable bonds is 14. The first-order valence-corrected chi connectivity index (χ1v) is 14.2. The number of primary amides is 1. The van der Waals surface area contributed by atoms with Crippen LogP contribution in [0.3, 0.4) is 0 Å². The fraction of sp³-hybridized carbons (Fsp3) is 0.500. The van der Waals surface area contributed by atoms with Gasteiger partial charge in [0.1, 0.15) is 17.7 Å². The second kappa shape index (κ2) is 15.8. The first-order chi connectivity index (χ1) is 19.3. The summed E-state index contributed by atoms with van der Waals surface area (Å²) in [4.78, 5) is 54.3. The summed E-state index contributed by atoms with van der Waals surface area (Å²) >= 11 is 0. The fourth-order valence-electron chi connectivity index (χ4n) is 4.44. The van der Waals surface area contributed by atoms with Crippen molar-refractivity contribution in [3.8, 4) is 0 Å². The van der Waals surface area contributed by atoms with Crippen LogP contribution in [0.4, 0.5) is 4.79 Å². The molecule has 0 heterocycles. The van der Waals surface area contributed by atoms with Crippen LogP contribution in [-0.4, -0.2) is 46.4 Å². The van der Waals surface area contributed by atoms with E-state index in [1.165, 1.54) is 0 Å². The Hall–Kier alpha value is -3.88. The van der Waals surface area contributed by atoms with Crippen molar-refractivity contribution in [2.75, 3.05) is 0 Å². The van der Waals surface area contributed by atoms with E-state index in [0.29, 0.717) is 17.9 Å². The van der Waals surface area contributed by atoms with Crippen molar-refractivity contribution in [3.63, 3.8) is 0 Å². The number of carbonyl (C=O) groups is 4. The number of hydrogen-bond acceptors (Lipinski definition) is 5. The van der Waals surface area contributed by atoms with Gasteiger partial charge in [-0.15, -0.1) is 0 Å². The Morgan fingerprint density at radius 3 is 2.00 bits per heavy atom. The minimum atomic E-state index is -1.13. The van der Waals surface area contributed by atoms with Crippen LogP contribution in [0.15, 0.2) is 60.7 Å². The predicted molar refractivity (Wildman–Crippen MR) is 159 cm³/mol. The molecule has 9 heteroatoms. The normalized spacial score (nSPS) is 13.5. The summed E-state index contributed by atoms with van der Waals surface area (Å²) in [6.07, 6.45) is 0.502. The molecule has 3 atom stereocenters. The van der Waals surface area contributed by atoms with Crippen molar-refractivity contribution in [2.24, 2.45) is 11.7 Å². The third-order valence-corrected chi connectivity index (χ3v) is 6.51. The number of nitrogens with two attached hydrogens (primary N) is 1. The third kappa shape index (κ3) is 11.6. The van der Waals surface area contributed by atoms with Gasteiger partial charge in [-0.05, 0) is 64.0 Å². The predicted octanol–water partition coefficient (Wildman–Crippen LogP) is 4.86. The molecule has 0 bridgehead atoms. The fourth-order valence-corrected chi connectivity index (χ4v) is 4.44. The molecule has 224 valence electrons. The lowest BCUT2D eigenvalue weighted by Gasteiger charge is -2.39. The van der Waals surface area contributed by atoms with Gasteiger partial charge in [-0.25, -0.2) is 4.79 Å². The topological polar surface area (TPSA) is 131 Å². The van der Waals surface area contributed by atoms with E-state index in [4.69, 9.17) is 10.5 Å². The van der Waals surface area contributed by atoms with Gasteiger partial charge < -0.3 is 26.0 Å². The van der Waals surface area contributed by atoms with Crippen molar-refractivity contribution < 1.29 is 23.9 Å². The summed E-state index contributed by atoms with van der Waals surface area (Å²) in [5.41, 5.74) is 6.17. The Morgan fingerprint density at radius 1 is 0.878 bits per heavy atom. The molecule has 4 amide bonds. The van der Waals surface area contributed by atoms with Crippen molar-refractivity contribution in [3.05, 3.63) is 71.8 Å². The minimum Gasteiger partial charge on any atom is -0.444 e. The number of carbonyl (C=O) groups excluding carboxylic acids is 4. The van der Waals surface area contributed by atoms with Crippen molar-refractivity contribution in [1.82, 2.24) is 15.5 Å². The van der Waals surface area contributed by atoms with Crippen LogP contribution in [0.25, 0.3) is 0 Å². The molecule has 0 aliphatic rings. The summed E-state index contributed by atoms with van der Waals surface area (Å²) in [7, 11) is 0. The molecular formula is C32H46N4O5. The minimum absolute atomic E-state index is 0.0338. The van der Waals surface area contributed by atoms with Crippen LogP contribution in [0, 0.1) is 5.92 Å². The molecule has 3 unspecified atom stereocenters. The van der Waals surface area contributed by atoms with Gasteiger partial charge in [-0.3, -0.25) is 14.4 Å². The quantitative estimate of drug-likeness (QED) is 0.301. The number of alkyl carbamates (subject to hydrolysis) is 1. The van der Waals surface area contributed by atoms with Crippen molar-refractivity contribution in [1.29, 1.82) is 0 Å². The van der Waals surface area contributed by atoms with Crippen LogP contribution >= 0.6 is 0 Å². The smallest absolute Gasteiger partial charge is 0.408 e. The average molecular weight is 567 g/mol. The molecule has 0 radical (unpaired) electrons. The van der Waals surface area contributed by atoms with E-state index in [1.54, 1.807) is 25.7 Å². The molecule has 0 aromatic heterocycles. The van der Waals surface area contributed by atoms with Crippen molar-refractivity contribution >= 4 is 23.8 Å². The Kier molecular flexibility index (Phi) is 12.8. The highest BCUT2D eigenvalue weighted by molar-refractivity contribution is 5.92. The third-order valence-electron chi connectivity index (χ3n) is 6.51. The standard InChI is InChI=1S/C32H46N4O5/c1-22(2)17-18-23(3)36(30(39)26(19-20-27(33)37)35-31(40)41-32(4,5)6)28(25-15-11-8-12-16-25)29(38)34-21-24-13-9-7-10-14-24/h7-16,22-23,26,28H,17-21H2,1-6H3,(H2,33,37)(H,34,38)(H,35,40). The summed E-state index contributed by atoms with van der Waals surface area (Å²) in [6.45, 7) is 11.5. The van der Waals surface area contributed by atoms with E-state index < -0.39 is 35.6 Å². The molecule has 0 saturated carbocycles. The van der Waals surface area contributed by atoms with Crippen LogP contribution < -0.4 is 16.4 Å². The summed E-state index contributed by atoms with van der Waals surface area (Å²) in [6, 6.07) is 16.1. The van der Waals surface area contributed by atoms with Crippen LogP contribution in [-0.2, 0) is 25.7 Å². The molecule has 9 nitrogen and oxygen atoms in total. The molecule has 4 N–H and O–H groups in total. The molecule has 0 fully saturated rings. The first kappa shape index (κ1) is 33.3. The van der Waals surface area contributed by atoms with Crippen LogP contribution in [0.1, 0.15) is 84.4 Å². The maximum absolute atomic E-state index is 14.4. The number of nitrogens with one attached hydrogen (secondary N) is 2.